The maximum atomic E-state index is 6.57. The van der Waals surface area contributed by atoms with E-state index in [-0.39, 0.29) is 5.41 Å². The summed E-state index contributed by atoms with van der Waals surface area (Å²) in [4.78, 5) is 7.16. The zero-order valence-corrected chi connectivity index (χ0v) is 21.7. The Kier molecular flexibility index (Phi) is 5.20. The van der Waals surface area contributed by atoms with E-state index in [9.17, 15) is 0 Å². The Hall–Kier alpha value is -2.82. The van der Waals surface area contributed by atoms with Gasteiger partial charge in [-0.1, -0.05) is 46.6 Å². The molecule has 0 bridgehead atoms. The Morgan fingerprint density at radius 2 is 1.72 bits per heavy atom. The standard InChI is InChI=1S/C30H27Cl2N3O/c1-18-5-6-20-15-22(9-10-25(20)33-18)35-13-11-30(12-14-35)16-21(17-30)26-28(34-36-29(26)19-7-8-19)27-23(31)3-2-4-24(27)32/h2-6,9-10,15-16,19H,7-8,11-14,17H2,1H3. The molecule has 0 unspecified atom stereocenters. The van der Waals surface area contributed by atoms with Crippen molar-refractivity contribution in [1.82, 2.24) is 10.1 Å². The zero-order chi connectivity index (χ0) is 24.4. The monoisotopic (exact) mass is 515 g/mol. The van der Waals surface area contributed by atoms with Crippen LogP contribution < -0.4 is 4.90 Å². The van der Waals surface area contributed by atoms with Crippen LogP contribution in [-0.4, -0.2) is 23.2 Å². The average molecular weight is 516 g/mol. The number of pyridine rings is 1. The smallest absolute Gasteiger partial charge is 0.147 e. The largest absolute Gasteiger partial charge is 0.371 e. The third kappa shape index (κ3) is 3.74. The van der Waals surface area contributed by atoms with Gasteiger partial charge in [0.15, 0.2) is 0 Å². The molecule has 3 aliphatic rings. The number of fused-ring (bicyclic) bond motifs is 1. The second-order valence-corrected chi connectivity index (χ2v) is 11.5. The maximum absolute atomic E-state index is 6.57. The first-order chi connectivity index (χ1) is 17.5. The summed E-state index contributed by atoms with van der Waals surface area (Å²) < 4.78 is 5.91. The summed E-state index contributed by atoms with van der Waals surface area (Å²) in [5, 5.41) is 6.92. The van der Waals surface area contributed by atoms with E-state index in [2.05, 4.69) is 51.4 Å². The highest BCUT2D eigenvalue weighted by atomic mass is 35.5. The third-order valence-corrected chi connectivity index (χ3v) is 8.78. The van der Waals surface area contributed by atoms with Crippen molar-refractivity contribution in [2.45, 2.75) is 44.9 Å². The molecule has 36 heavy (non-hydrogen) atoms. The number of piperidine rings is 1. The lowest BCUT2D eigenvalue weighted by molar-refractivity contribution is 0.277. The minimum Gasteiger partial charge on any atom is -0.371 e. The van der Waals surface area contributed by atoms with Gasteiger partial charge in [0, 0.05) is 46.9 Å². The van der Waals surface area contributed by atoms with Gasteiger partial charge in [0.1, 0.15) is 11.5 Å². The molecule has 0 N–H and O–H groups in total. The summed E-state index contributed by atoms with van der Waals surface area (Å²) in [5.74, 6) is 1.48. The van der Waals surface area contributed by atoms with Gasteiger partial charge < -0.3 is 9.42 Å². The molecule has 1 aliphatic heterocycles. The summed E-state index contributed by atoms with van der Waals surface area (Å²) in [6.07, 6.45) is 8.15. The van der Waals surface area contributed by atoms with E-state index in [1.165, 1.54) is 16.6 Å². The molecule has 1 saturated heterocycles. The fraction of sp³-hybridized carbons (Fsp3) is 0.333. The minimum absolute atomic E-state index is 0.251. The maximum Gasteiger partial charge on any atom is 0.147 e. The van der Waals surface area contributed by atoms with Gasteiger partial charge in [-0.25, -0.2) is 0 Å². The van der Waals surface area contributed by atoms with E-state index in [1.807, 2.05) is 25.1 Å². The van der Waals surface area contributed by atoms with Crippen LogP contribution in [0.2, 0.25) is 10.0 Å². The molecule has 1 spiro atoms. The predicted molar refractivity (Wildman–Crippen MR) is 147 cm³/mol. The van der Waals surface area contributed by atoms with Crippen LogP contribution in [0.1, 0.15) is 55.0 Å². The van der Waals surface area contributed by atoms with Crippen LogP contribution in [0.4, 0.5) is 5.69 Å². The molecular weight excluding hydrogens is 489 g/mol. The van der Waals surface area contributed by atoms with Crippen molar-refractivity contribution in [1.29, 1.82) is 0 Å². The number of allylic oxidation sites excluding steroid dienone is 2. The lowest BCUT2D eigenvalue weighted by atomic mass is 9.63. The topological polar surface area (TPSA) is 42.2 Å². The highest BCUT2D eigenvalue weighted by Gasteiger charge is 2.44. The Balaban J connectivity index is 1.15. The SMILES string of the molecule is Cc1ccc2cc(N3CCC4(C=C(c5c(-c6c(Cl)cccc6Cl)noc5C5CC5)C4)CC3)ccc2n1. The van der Waals surface area contributed by atoms with E-state index in [0.717, 1.165) is 79.0 Å². The Labute approximate surface area is 220 Å². The first-order valence-electron chi connectivity index (χ1n) is 12.8. The number of aromatic nitrogens is 2. The normalized spacial score (nSPS) is 19.0. The summed E-state index contributed by atoms with van der Waals surface area (Å²) >= 11 is 13.1. The number of anilines is 1. The summed E-state index contributed by atoms with van der Waals surface area (Å²) in [5.41, 5.74) is 7.71. The van der Waals surface area contributed by atoms with Crippen molar-refractivity contribution in [2.75, 3.05) is 18.0 Å². The van der Waals surface area contributed by atoms with Crippen molar-refractivity contribution in [3.8, 4) is 11.3 Å². The van der Waals surface area contributed by atoms with E-state index >= 15 is 0 Å². The van der Waals surface area contributed by atoms with Gasteiger partial charge in [0.25, 0.3) is 0 Å². The quantitative estimate of drug-likeness (QED) is 0.273. The molecule has 1 saturated carbocycles. The molecule has 2 aromatic carbocycles. The fourth-order valence-corrected chi connectivity index (χ4v) is 6.53. The molecule has 4 aromatic rings. The first-order valence-corrected chi connectivity index (χ1v) is 13.5. The van der Waals surface area contributed by atoms with E-state index in [1.54, 1.807) is 0 Å². The number of nitrogens with zero attached hydrogens (tertiary/aromatic N) is 3. The van der Waals surface area contributed by atoms with Crippen molar-refractivity contribution in [3.63, 3.8) is 0 Å². The highest BCUT2D eigenvalue weighted by molar-refractivity contribution is 6.39. The number of hydrogen-bond acceptors (Lipinski definition) is 4. The van der Waals surface area contributed by atoms with Crippen molar-refractivity contribution in [3.05, 3.63) is 81.7 Å². The molecule has 0 radical (unpaired) electrons. The molecule has 3 heterocycles. The zero-order valence-electron chi connectivity index (χ0n) is 20.2. The van der Waals surface area contributed by atoms with Gasteiger partial charge >= 0.3 is 0 Å². The van der Waals surface area contributed by atoms with Crippen molar-refractivity contribution >= 4 is 45.4 Å². The van der Waals surface area contributed by atoms with Crippen LogP contribution in [0.15, 0.2) is 59.1 Å². The third-order valence-electron chi connectivity index (χ3n) is 8.15. The van der Waals surface area contributed by atoms with Gasteiger partial charge in [-0.05, 0) is 86.4 Å². The Bertz CT molecular complexity index is 1510. The summed E-state index contributed by atoms with van der Waals surface area (Å²) in [7, 11) is 0. The second-order valence-electron chi connectivity index (χ2n) is 10.7. The number of hydrogen-bond donors (Lipinski definition) is 0. The molecule has 0 atom stereocenters. The number of rotatable bonds is 4. The number of aryl methyl sites for hydroxylation is 1. The van der Waals surface area contributed by atoms with Gasteiger partial charge in [0.05, 0.1) is 15.6 Å². The number of benzene rings is 2. The van der Waals surface area contributed by atoms with Gasteiger partial charge in [0.2, 0.25) is 0 Å². The van der Waals surface area contributed by atoms with E-state index in [4.69, 9.17) is 27.7 Å². The molecular formula is C30H27Cl2N3O. The van der Waals surface area contributed by atoms with Crippen LogP contribution in [0.3, 0.4) is 0 Å². The van der Waals surface area contributed by atoms with Gasteiger partial charge in [-0.15, -0.1) is 0 Å². The van der Waals surface area contributed by atoms with Crippen molar-refractivity contribution < 1.29 is 4.52 Å². The van der Waals surface area contributed by atoms with Crippen LogP contribution >= 0.6 is 23.2 Å². The van der Waals surface area contributed by atoms with Crippen molar-refractivity contribution in [2.24, 2.45) is 5.41 Å². The van der Waals surface area contributed by atoms with Gasteiger partial charge in [-0.2, -0.15) is 0 Å². The molecule has 182 valence electrons. The van der Waals surface area contributed by atoms with Crippen LogP contribution in [0.25, 0.3) is 27.7 Å². The molecule has 0 amide bonds. The van der Waals surface area contributed by atoms with Crippen LogP contribution in [0, 0.1) is 12.3 Å². The Morgan fingerprint density at radius 1 is 0.972 bits per heavy atom. The molecule has 2 aliphatic carbocycles. The first kappa shape index (κ1) is 22.4. The van der Waals surface area contributed by atoms with E-state index in [0.29, 0.717) is 16.0 Å². The van der Waals surface area contributed by atoms with Crippen LogP contribution in [0.5, 0.6) is 0 Å². The highest BCUT2D eigenvalue weighted by Crippen LogP contribution is 2.56. The lowest BCUT2D eigenvalue weighted by Gasteiger charge is -2.47. The predicted octanol–water partition coefficient (Wildman–Crippen LogP) is 8.46. The summed E-state index contributed by atoms with van der Waals surface area (Å²) in [6.45, 7) is 4.14. The van der Waals surface area contributed by atoms with Gasteiger partial charge in [-0.3, -0.25) is 4.98 Å². The summed E-state index contributed by atoms with van der Waals surface area (Å²) in [6, 6.07) is 16.5. The lowest BCUT2D eigenvalue weighted by Crippen LogP contribution is -2.42. The molecule has 7 rings (SSSR count). The fourth-order valence-electron chi connectivity index (χ4n) is 5.96. The average Bonchev–Trinajstić information content (AvgIpc) is 3.62. The molecule has 2 aromatic heterocycles. The van der Waals surface area contributed by atoms with E-state index < -0.39 is 0 Å². The Morgan fingerprint density at radius 3 is 2.44 bits per heavy atom. The minimum atomic E-state index is 0.251. The molecule has 6 heteroatoms. The van der Waals surface area contributed by atoms with Crippen LogP contribution in [-0.2, 0) is 0 Å². The molecule has 4 nitrogen and oxygen atoms in total. The molecule has 2 fully saturated rings. The second kappa shape index (κ2) is 8.36. The number of halogens is 2.